The molecule has 0 aliphatic carbocycles. The fourth-order valence-electron chi connectivity index (χ4n) is 3.24. The van der Waals surface area contributed by atoms with Crippen LogP contribution < -0.4 is 4.72 Å². The van der Waals surface area contributed by atoms with E-state index >= 15 is 0 Å². The molecular weight excluding hydrogens is 442 g/mol. The number of aromatic nitrogens is 4. The summed E-state index contributed by atoms with van der Waals surface area (Å²) in [5.41, 5.74) is 4.02. The van der Waals surface area contributed by atoms with E-state index in [2.05, 4.69) is 20.2 Å². The molecule has 1 heterocycles. The van der Waals surface area contributed by atoms with Gasteiger partial charge >= 0.3 is 0 Å². The minimum absolute atomic E-state index is 0.186. The lowest BCUT2D eigenvalue weighted by Crippen LogP contribution is -2.27. The SMILES string of the molecule is Cc1ccc(C)c(-n2nnnc2S[C@H](CNS(=O)(=O)c2ccccc2)c2ccccc2)c1. The van der Waals surface area contributed by atoms with Crippen molar-refractivity contribution in [3.63, 3.8) is 0 Å². The number of nitrogens with zero attached hydrogens (tertiary/aromatic N) is 4. The first kappa shape index (κ1) is 22.2. The monoisotopic (exact) mass is 465 g/mol. The van der Waals surface area contributed by atoms with Crippen LogP contribution >= 0.6 is 11.8 Å². The second kappa shape index (κ2) is 9.64. The molecule has 1 atom stereocenters. The molecule has 3 aromatic carbocycles. The predicted octanol–water partition coefficient (Wildman–Crippen LogP) is 4.09. The van der Waals surface area contributed by atoms with E-state index in [0.29, 0.717) is 5.16 Å². The first-order chi connectivity index (χ1) is 15.4. The average molecular weight is 466 g/mol. The molecule has 1 aromatic heterocycles. The fourth-order valence-corrected chi connectivity index (χ4v) is 5.45. The van der Waals surface area contributed by atoms with Crippen LogP contribution in [-0.2, 0) is 10.0 Å². The van der Waals surface area contributed by atoms with E-state index in [9.17, 15) is 8.42 Å². The van der Waals surface area contributed by atoms with E-state index in [1.165, 1.54) is 11.8 Å². The van der Waals surface area contributed by atoms with Gasteiger partial charge in [0.25, 0.3) is 0 Å². The Hall–Kier alpha value is -3.01. The van der Waals surface area contributed by atoms with Gasteiger partial charge in [0.15, 0.2) is 0 Å². The highest BCUT2D eigenvalue weighted by atomic mass is 32.2. The lowest BCUT2D eigenvalue weighted by atomic mass is 10.1. The smallest absolute Gasteiger partial charge is 0.210 e. The highest BCUT2D eigenvalue weighted by Gasteiger charge is 2.22. The Morgan fingerprint density at radius 3 is 2.38 bits per heavy atom. The van der Waals surface area contributed by atoms with Gasteiger partial charge in [-0.2, -0.15) is 4.68 Å². The van der Waals surface area contributed by atoms with Crippen LogP contribution in [0.25, 0.3) is 5.69 Å². The van der Waals surface area contributed by atoms with Crippen molar-refractivity contribution in [1.82, 2.24) is 24.9 Å². The zero-order valence-corrected chi connectivity index (χ0v) is 19.3. The zero-order chi connectivity index (χ0) is 22.6. The number of hydrogen-bond donors (Lipinski definition) is 1. The Morgan fingerprint density at radius 1 is 0.969 bits per heavy atom. The second-order valence-corrected chi connectivity index (χ2v) is 10.3. The van der Waals surface area contributed by atoms with Crippen molar-refractivity contribution in [2.24, 2.45) is 0 Å². The number of thioether (sulfide) groups is 1. The van der Waals surface area contributed by atoms with Crippen LogP contribution in [0.1, 0.15) is 21.9 Å². The Morgan fingerprint density at radius 2 is 1.66 bits per heavy atom. The molecule has 4 rings (SSSR count). The van der Waals surface area contributed by atoms with Gasteiger partial charge < -0.3 is 0 Å². The van der Waals surface area contributed by atoms with Crippen molar-refractivity contribution in [2.45, 2.75) is 29.1 Å². The van der Waals surface area contributed by atoms with Crippen molar-refractivity contribution in [1.29, 1.82) is 0 Å². The third kappa shape index (κ3) is 5.07. The second-order valence-electron chi connectivity index (χ2n) is 7.35. The molecule has 0 saturated carbocycles. The minimum atomic E-state index is -3.64. The van der Waals surface area contributed by atoms with E-state index in [1.54, 1.807) is 35.0 Å². The molecular formula is C23H23N5O2S2. The number of aryl methyl sites for hydroxylation is 2. The van der Waals surface area contributed by atoms with Crippen LogP contribution in [0.5, 0.6) is 0 Å². The number of tetrazole rings is 1. The van der Waals surface area contributed by atoms with Crippen LogP contribution in [0.4, 0.5) is 0 Å². The van der Waals surface area contributed by atoms with Crippen LogP contribution in [0, 0.1) is 13.8 Å². The highest BCUT2D eigenvalue weighted by molar-refractivity contribution is 7.99. The molecule has 0 unspecified atom stereocenters. The number of nitrogens with one attached hydrogen (secondary N) is 1. The predicted molar refractivity (Wildman–Crippen MR) is 125 cm³/mol. The summed E-state index contributed by atoms with van der Waals surface area (Å²) in [6.07, 6.45) is 0. The van der Waals surface area contributed by atoms with Crippen LogP contribution in [-0.4, -0.2) is 35.2 Å². The molecule has 0 amide bonds. The summed E-state index contributed by atoms with van der Waals surface area (Å²) in [4.78, 5) is 0.233. The molecule has 0 radical (unpaired) electrons. The van der Waals surface area contributed by atoms with E-state index < -0.39 is 10.0 Å². The zero-order valence-electron chi connectivity index (χ0n) is 17.7. The van der Waals surface area contributed by atoms with Crippen molar-refractivity contribution < 1.29 is 8.42 Å². The lowest BCUT2D eigenvalue weighted by molar-refractivity contribution is 0.581. The summed E-state index contributed by atoms with van der Waals surface area (Å²) in [5, 5.41) is 12.6. The molecule has 32 heavy (non-hydrogen) atoms. The molecule has 0 bridgehead atoms. The van der Waals surface area contributed by atoms with Gasteiger partial charge in [0, 0.05) is 6.54 Å². The molecule has 0 saturated heterocycles. The largest absolute Gasteiger partial charge is 0.240 e. The van der Waals surface area contributed by atoms with Gasteiger partial charge in [-0.3, -0.25) is 0 Å². The van der Waals surface area contributed by atoms with Crippen LogP contribution in [0.15, 0.2) is 88.9 Å². The van der Waals surface area contributed by atoms with Gasteiger partial charge in [0.1, 0.15) is 0 Å². The van der Waals surface area contributed by atoms with Crippen molar-refractivity contribution in [3.8, 4) is 5.69 Å². The standard InChI is InChI=1S/C23H23N5O2S2/c1-17-13-14-18(2)21(15-17)28-23(25-26-27-28)31-22(19-9-5-3-6-10-19)16-24-32(29,30)20-11-7-4-8-12-20/h3-15,22,24H,16H2,1-2H3/t22-/m1/s1. The summed E-state index contributed by atoms with van der Waals surface area (Å²) in [6, 6.07) is 24.2. The molecule has 0 aliphatic heterocycles. The number of benzene rings is 3. The maximum atomic E-state index is 12.8. The van der Waals surface area contributed by atoms with Gasteiger partial charge in [-0.05, 0) is 59.2 Å². The van der Waals surface area contributed by atoms with E-state index in [1.807, 2.05) is 62.4 Å². The molecule has 0 spiro atoms. The molecule has 0 fully saturated rings. The number of sulfonamides is 1. The lowest BCUT2D eigenvalue weighted by Gasteiger charge is -2.18. The first-order valence-electron chi connectivity index (χ1n) is 10.1. The van der Waals surface area contributed by atoms with Crippen LogP contribution in [0.2, 0.25) is 0 Å². The van der Waals surface area contributed by atoms with Crippen molar-refractivity contribution in [2.75, 3.05) is 6.54 Å². The van der Waals surface area contributed by atoms with Crippen LogP contribution in [0.3, 0.4) is 0 Å². The maximum absolute atomic E-state index is 12.8. The van der Waals surface area contributed by atoms with Gasteiger partial charge in [-0.1, -0.05) is 72.4 Å². The Balaban J connectivity index is 1.62. The molecule has 0 aliphatic rings. The highest BCUT2D eigenvalue weighted by Crippen LogP contribution is 2.35. The van der Waals surface area contributed by atoms with Crippen molar-refractivity contribution in [3.05, 3.63) is 95.6 Å². The minimum Gasteiger partial charge on any atom is -0.210 e. The summed E-state index contributed by atoms with van der Waals surface area (Å²) >= 11 is 1.42. The molecule has 1 N–H and O–H groups in total. The third-order valence-corrected chi connectivity index (χ3v) is 7.59. The summed E-state index contributed by atoms with van der Waals surface area (Å²) in [6.45, 7) is 4.21. The Labute approximate surface area is 191 Å². The number of rotatable bonds is 8. The van der Waals surface area contributed by atoms with E-state index in [0.717, 1.165) is 22.4 Å². The fraction of sp³-hybridized carbons (Fsp3) is 0.174. The summed E-state index contributed by atoms with van der Waals surface area (Å²) in [5.74, 6) is 0. The molecule has 164 valence electrons. The normalized spacial score (nSPS) is 12.6. The summed E-state index contributed by atoms with van der Waals surface area (Å²) < 4.78 is 30.0. The topological polar surface area (TPSA) is 89.8 Å². The first-order valence-corrected chi connectivity index (χ1v) is 12.4. The third-order valence-electron chi connectivity index (χ3n) is 4.97. The average Bonchev–Trinajstić information content (AvgIpc) is 3.27. The van der Waals surface area contributed by atoms with Gasteiger partial charge in [0.05, 0.1) is 15.8 Å². The Bertz CT molecular complexity index is 1290. The van der Waals surface area contributed by atoms with E-state index in [4.69, 9.17) is 0 Å². The quantitative estimate of drug-likeness (QED) is 0.394. The molecule has 4 aromatic rings. The van der Waals surface area contributed by atoms with E-state index in [-0.39, 0.29) is 16.7 Å². The molecule has 9 heteroatoms. The maximum Gasteiger partial charge on any atom is 0.240 e. The van der Waals surface area contributed by atoms with Gasteiger partial charge in [-0.15, -0.1) is 5.10 Å². The number of hydrogen-bond acceptors (Lipinski definition) is 6. The van der Waals surface area contributed by atoms with Gasteiger partial charge in [0.2, 0.25) is 15.2 Å². The van der Waals surface area contributed by atoms with Gasteiger partial charge in [-0.25, -0.2) is 13.1 Å². The summed E-state index contributed by atoms with van der Waals surface area (Å²) in [7, 11) is -3.64. The van der Waals surface area contributed by atoms with Crippen molar-refractivity contribution >= 4 is 21.8 Å². The Kier molecular flexibility index (Phi) is 6.69. The molecule has 7 nitrogen and oxygen atoms in total.